The van der Waals surface area contributed by atoms with Crippen LogP contribution >= 0.6 is 11.3 Å². The number of nitrogens with two attached hydrogens (primary N) is 1. The fraction of sp³-hybridized carbons (Fsp3) is 0.346. The van der Waals surface area contributed by atoms with Crippen molar-refractivity contribution in [2.75, 3.05) is 44.4 Å². The largest absolute Gasteiger partial charge is 0.389 e. The summed E-state index contributed by atoms with van der Waals surface area (Å²) in [5.41, 5.74) is 7.78. The number of nitrogen functional groups attached to an aromatic ring is 1. The first-order chi connectivity index (χ1) is 17.4. The standard InChI is InChI=1S/C26H24F2N6OS/c1-33(2)9-13-5-6-34(10-13)26-31-8-15-16-11-35-12-17(16)21(23(28)24(15)32-26)22-18(27)3-4-19-20(22)14(7-29)25(30)36-19/h3-4,8,13H,5-6,9-12,30H2,1-2H3/t13-/m1/s1. The Labute approximate surface area is 210 Å². The molecule has 2 N–H and O–H groups in total. The van der Waals surface area contributed by atoms with Crippen molar-refractivity contribution < 1.29 is 13.5 Å². The van der Waals surface area contributed by atoms with Crippen molar-refractivity contribution in [3.8, 4) is 17.2 Å². The van der Waals surface area contributed by atoms with Crippen LogP contribution in [-0.2, 0) is 18.0 Å². The van der Waals surface area contributed by atoms with Gasteiger partial charge in [0.25, 0.3) is 0 Å². The Morgan fingerprint density at radius 1 is 1.25 bits per heavy atom. The van der Waals surface area contributed by atoms with Gasteiger partial charge in [-0.25, -0.2) is 18.7 Å². The summed E-state index contributed by atoms with van der Waals surface area (Å²) < 4.78 is 38.2. The van der Waals surface area contributed by atoms with Crippen molar-refractivity contribution in [3.63, 3.8) is 0 Å². The molecule has 2 aromatic carbocycles. The Balaban J connectivity index is 1.57. The molecule has 2 aliphatic heterocycles. The summed E-state index contributed by atoms with van der Waals surface area (Å²) in [5.74, 6) is -0.316. The van der Waals surface area contributed by atoms with Gasteiger partial charge >= 0.3 is 0 Å². The lowest BCUT2D eigenvalue weighted by atomic mass is 9.90. The van der Waals surface area contributed by atoms with Crippen molar-refractivity contribution in [3.05, 3.63) is 46.7 Å². The maximum atomic E-state index is 16.4. The number of anilines is 2. The number of halogens is 2. The third-order valence-corrected chi connectivity index (χ3v) is 8.06. The molecule has 0 unspecified atom stereocenters. The molecule has 7 nitrogen and oxygen atoms in total. The molecule has 1 saturated heterocycles. The highest BCUT2D eigenvalue weighted by Crippen LogP contribution is 2.46. The summed E-state index contributed by atoms with van der Waals surface area (Å²) in [6.45, 7) is 2.93. The second kappa shape index (κ2) is 8.62. The zero-order valence-corrected chi connectivity index (χ0v) is 20.8. The van der Waals surface area contributed by atoms with Gasteiger partial charge in [-0.15, -0.1) is 11.3 Å². The Kier molecular flexibility index (Phi) is 5.52. The average Bonchev–Trinajstić information content (AvgIpc) is 3.58. The maximum Gasteiger partial charge on any atom is 0.225 e. The normalized spacial score (nSPS) is 17.4. The molecule has 6 rings (SSSR count). The number of ether oxygens (including phenoxy) is 1. The van der Waals surface area contributed by atoms with Crippen LogP contribution < -0.4 is 10.6 Å². The van der Waals surface area contributed by atoms with Crippen LogP contribution in [0.2, 0.25) is 0 Å². The smallest absolute Gasteiger partial charge is 0.225 e. The zero-order chi connectivity index (χ0) is 25.1. The van der Waals surface area contributed by atoms with E-state index in [1.54, 1.807) is 12.3 Å². The molecule has 0 radical (unpaired) electrons. The van der Waals surface area contributed by atoms with Crippen LogP contribution in [-0.4, -0.2) is 48.6 Å². The summed E-state index contributed by atoms with van der Waals surface area (Å²) in [6.07, 6.45) is 2.66. The van der Waals surface area contributed by atoms with E-state index in [1.165, 1.54) is 17.4 Å². The first kappa shape index (κ1) is 23.0. The Bertz CT molecular complexity index is 1580. The maximum absolute atomic E-state index is 16.4. The summed E-state index contributed by atoms with van der Waals surface area (Å²) >= 11 is 1.19. The first-order valence-electron chi connectivity index (χ1n) is 11.8. The molecule has 4 aromatic rings. The molecule has 0 saturated carbocycles. The number of fused-ring (bicyclic) bond motifs is 4. The van der Waals surface area contributed by atoms with Gasteiger partial charge in [0.15, 0.2) is 5.82 Å². The number of hydrogen-bond donors (Lipinski definition) is 1. The molecule has 0 amide bonds. The summed E-state index contributed by atoms with van der Waals surface area (Å²) in [7, 11) is 4.10. The highest BCUT2D eigenvalue weighted by atomic mass is 32.1. The molecule has 2 aromatic heterocycles. The zero-order valence-electron chi connectivity index (χ0n) is 19.9. The molecule has 0 bridgehead atoms. The lowest BCUT2D eigenvalue weighted by molar-refractivity contribution is 0.135. The quantitative estimate of drug-likeness (QED) is 0.430. The van der Waals surface area contributed by atoms with Crippen LogP contribution in [0.3, 0.4) is 0 Å². The Hall–Kier alpha value is -3.39. The number of aromatic nitrogens is 2. The van der Waals surface area contributed by atoms with E-state index in [0.717, 1.165) is 31.6 Å². The lowest BCUT2D eigenvalue weighted by Crippen LogP contribution is -2.26. The first-order valence-corrected chi connectivity index (χ1v) is 12.6. The van der Waals surface area contributed by atoms with Crippen molar-refractivity contribution in [1.82, 2.24) is 14.9 Å². The van der Waals surface area contributed by atoms with Gasteiger partial charge in [0.05, 0.1) is 18.8 Å². The number of benzene rings is 2. The van der Waals surface area contributed by atoms with Crippen molar-refractivity contribution in [2.45, 2.75) is 19.6 Å². The lowest BCUT2D eigenvalue weighted by Gasteiger charge is -2.20. The van der Waals surface area contributed by atoms with Crippen LogP contribution in [0.5, 0.6) is 0 Å². The average molecular weight is 507 g/mol. The van der Waals surface area contributed by atoms with Gasteiger partial charge in [-0.1, -0.05) is 0 Å². The number of nitriles is 1. The fourth-order valence-electron chi connectivity index (χ4n) is 5.54. The van der Waals surface area contributed by atoms with Gasteiger partial charge in [0.1, 0.15) is 22.4 Å². The molecule has 0 aliphatic carbocycles. The number of hydrogen-bond acceptors (Lipinski definition) is 8. The van der Waals surface area contributed by atoms with Crippen LogP contribution in [0.1, 0.15) is 23.1 Å². The van der Waals surface area contributed by atoms with Gasteiger partial charge in [-0.3, -0.25) is 0 Å². The SMILES string of the molecule is CN(C)C[C@H]1CCN(c2ncc3c4c(c(-c5c(F)ccc6sc(N)c(C#N)c56)c(F)c3n2)COC4)C1. The molecule has 10 heteroatoms. The predicted molar refractivity (Wildman–Crippen MR) is 137 cm³/mol. The van der Waals surface area contributed by atoms with E-state index in [9.17, 15) is 5.26 Å². The molecule has 0 spiro atoms. The van der Waals surface area contributed by atoms with Crippen LogP contribution in [0.4, 0.5) is 19.7 Å². The minimum Gasteiger partial charge on any atom is -0.389 e. The van der Waals surface area contributed by atoms with Gasteiger partial charge in [0, 0.05) is 52.4 Å². The number of rotatable bonds is 4. The van der Waals surface area contributed by atoms with E-state index in [-0.39, 0.29) is 40.4 Å². The minimum atomic E-state index is -0.637. The third kappa shape index (κ3) is 3.50. The summed E-state index contributed by atoms with van der Waals surface area (Å²) in [5, 5.41) is 10.9. The van der Waals surface area contributed by atoms with E-state index in [0.29, 0.717) is 32.9 Å². The van der Waals surface area contributed by atoms with Crippen molar-refractivity contribution in [2.24, 2.45) is 5.92 Å². The van der Waals surface area contributed by atoms with E-state index in [2.05, 4.69) is 25.8 Å². The molecule has 4 heterocycles. The topological polar surface area (TPSA) is 91.3 Å². The van der Waals surface area contributed by atoms with E-state index in [4.69, 9.17) is 10.5 Å². The van der Waals surface area contributed by atoms with Gasteiger partial charge < -0.3 is 20.3 Å². The molecule has 1 atom stereocenters. The number of nitrogens with zero attached hydrogens (tertiary/aromatic N) is 5. The fourth-order valence-corrected chi connectivity index (χ4v) is 6.47. The second-order valence-corrected chi connectivity index (χ2v) is 10.8. The van der Waals surface area contributed by atoms with Crippen LogP contribution in [0, 0.1) is 28.9 Å². The van der Waals surface area contributed by atoms with Crippen LogP contribution in [0.25, 0.3) is 32.1 Å². The van der Waals surface area contributed by atoms with E-state index >= 15 is 8.78 Å². The highest BCUT2D eigenvalue weighted by molar-refractivity contribution is 7.23. The molecule has 1 fully saturated rings. The second-order valence-electron chi connectivity index (χ2n) is 9.68. The molecule has 2 aliphatic rings. The number of thiophene rings is 1. The van der Waals surface area contributed by atoms with Crippen molar-refractivity contribution in [1.29, 1.82) is 5.26 Å². The Morgan fingerprint density at radius 2 is 2.06 bits per heavy atom. The monoisotopic (exact) mass is 506 g/mol. The van der Waals surface area contributed by atoms with Gasteiger partial charge in [0.2, 0.25) is 5.95 Å². The minimum absolute atomic E-state index is 0.0329. The molecular formula is C26H24F2N6OS. The van der Waals surface area contributed by atoms with Gasteiger partial charge in [-0.05, 0) is 49.7 Å². The summed E-state index contributed by atoms with van der Waals surface area (Å²) in [4.78, 5) is 13.5. The van der Waals surface area contributed by atoms with E-state index in [1.807, 2.05) is 14.1 Å². The predicted octanol–water partition coefficient (Wildman–Crippen LogP) is 4.66. The summed E-state index contributed by atoms with van der Waals surface area (Å²) in [6, 6.07) is 4.94. The van der Waals surface area contributed by atoms with E-state index < -0.39 is 11.6 Å². The molecule has 184 valence electrons. The molecule has 36 heavy (non-hydrogen) atoms. The van der Waals surface area contributed by atoms with Crippen LogP contribution in [0.15, 0.2) is 18.3 Å². The third-order valence-electron chi connectivity index (χ3n) is 7.07. The Morgan fingerprint density at radius 3 is 2.83 bits per heavy atom. The highest BCUT2D eigenvalue weighted by Gasteiger charge is 2.31. The van der Waals surface area contributed by atoms with Crippen molar-refractivity contribution >= 4 is 43.3 Å². The molecular weight excluding hydrogens is 482 g/mol. The van der Waals surface area contributed by atoms with Gasteiger partial charge in [-0.2, -0.15) is 5.26 Å².